The van der Waals surface area contributed by atoms with Crippen LogP contribution in [0.4, 0.5) is 5.82 Å². The van der Waals surface area contributed by atoms with Crippen molar-refractivity contribution in [1.82, 2.24) is 24.7 Å². The lowest BCUT2D eigenvalue weighted by Crippen LogP contribution is -2.48. The summed E-state index contributed by atoms with van der Waals surface area (Å²) in [5, 5.41) is 5.13. The second kappa shape index (κ2) is 9.30. The topological polar surface area (TPSA) is 47.5 Å². The van der Waals surface area contributed by atoms with Crippen LogP contribution in [0.15, 0.2) is 0 Å². The summed E-state index contributed by atoms with van der Waals surface area (Å²) in [7, 11) is 2.25. The summed E-state index contributed by atoms with van der Waals surface area (Å²) >= 11 is 1.82. The Bertz CT molecular complexity index is 889. The van der Waals surface area contributed by atoms with E-state index in [1.807, 2.05) is 11.3 Å². The number of rotatable bonds is 5. The molecule has 3 aliphatic heterocycles. The molecule has 0 atom stereocenters. The number of hydrogen-bond acceptors (Lipinski definition) is 7. The monoisotopic (exact) mass is 442 g/mol. The zero-order valence-corrected chi connectivity index (χ0v) is 20.3. The number of aryl methyl sites for hydroxylation is 2. The van der Waals surface area contributed by atoms with Crippen molar-refractivity contribution >= 4 is 27.4 Å². The summed E-state index contributed by atoms with van der Waals surface area (Å²) in [6, 6.07) is 1.30. The molecule has 7 heteroatoms. The summed E-state index contributed by atoms with van der Waals surface area (Å²) in [5.74, 6) is 2.07. The first-order valence-corrected chi connectivity index (χ1v) is 13.1. The van der Waals surface area contributed by atoms with Gasteiger partial charge in [-0.1, -0.05) is 0 Å². The van der Waals surface area contributed by atoms with Crippen molar-refractivity contribution < 1.29 is 0 Å². The fourth-order valence-electron chi connectivity index (χ4n) is 5.57. The lowest BCUT2D eigenvalue weighted by molar-refractivity contribution is 0.0994. The second-order valence-electron chi connectivity index (χ2n) is 9.92. The molecule has 0 aromatic carbocycles. The fourth-order valence-corrected chi connectivity index (χ4v) is 6.62. The summed E-state index contributed by atoms with van der Waals surface area (Å²) < 4.78 is 0. The van der Waals surface area contributed by atoms with Crippen LogP contribution in [0.3, 0.4) is 0 Å². The van der Waals surface area contributed by atoms with Crippen molar-refractivity contribution in [2.45, 2.75) is 71.0 Å². The van der Waals surface area contributed by atoms with Crippen molar-refractivity contribution in [2.75, 3.05) is 51.6 Å². The molecule has 5 rings (SSSR count). The smallest absolute Gasteiger partial charge is 0.146 e. The number of hydrogen-bond donors (Lipinski definition) is 1. The van der Waals surface area contributed by atoms with Crippen LogP contribution in [0.5, 0.6) is 0 Å². The number of piperidine rings is 2. The molecular formula is C24H38N6S. The largest absolute Gasteiger partial charge is 0.367 e. The minimum atomic E-state index is 0.514. The van der Waals surface area contributed by atoms with E-state index in [1.54, 1.807) is 0 Å². The molecule has 170 valence electrons. The number of nitrogens with one attached hydrogen (secondary N) is 1. The summed E-state index contributed by atoms with van der Waals surface area (Å²) in [5.41, 5.74) is 1.35. The third kappa shape index (κ3) is 4.75. The Hall–Kier alpha value is -1.28. The van der Waals surface area contributed by atoms with Crippen molar-refractivity contribution in [3.8, 4) is 0 Å². The number of fused-ring (bicyclic) bond motifs is 1. The highest BCUT2D eigenvalue weighted by Gasteiger charge is 2.28. The number of anilines is 1. The highest BCUT2D eigenvalue weighted by Crippen LogP contribution is 2.34. The Morgan fingerprint density at radius 3 is 2.35 bits per heavy atom. The number of aromatic nitrogens is 2. The first-order chi connectivity index (χ1) is 15.1. The number of nitrogens with zero attached hydrogens (tertiary/aromatic N) is 5. The standard InChI is InChI=1S/C24H38N6S/c1-17-18(2)31-24-22(17)23(26-21(27-24)16-29-10-4-5-11-29)25-19-6-14-30(15-7-19)20-8-12-28(3)13-9-20/h19-20H,4-16H2,1-3H3,(H,25,26,27). The SMILES string of the molecule is Cc1sc2nc(CN3CCCC3)nc(NC3CCN(C4CCN(C)CC4)CC3)c2c1C. The molecule has 0 spiro atoms. The predicted molar refractivity (Wildman–Crippen MR) is 130 cm³/mol. The normalized spacial score (nSPS) is 23.2. The average molecular weight is 443 g/mol. The summed E-state index contributed by atoms with van der Waals surface area (Å²) in [6.45, 7) is 12.6. The van der Waals surface area contributed by atoms with Crippen LogP contribution in [0.2, 0.25) is 0 Å². The number of likely N-dealkylation sites (tertiary alicyclic amines) is 3. The molecule has 31 heavy (non-hydrogen) atoms. The van der Waals surface area contributed by atoms with Gasteiger partial charge in [-0.3, -0.25) is 4.90 Å². The van der Waals surface area contributed by atoms with Crippen LogP contribution in [0, 0.1) is 13.8 Å². The van der Waals surface area contributed by atoms with Crippen LogP contribution in [-0.2, 0) is 6.54 Å². The number of thiophene rings is 1. The van der Waals surface area contributed by atoms with Crippen molar-refractivity contribution in [3.63, 3.8) is 0 Å². The molecular weight excluding hydrogens is 404 g/mol. The van der Waals surface area contributed by atoms with Gasteiger partial charge in [0.15, 0.2) is 0 Å². The molecule has 6 nitrogen and oxygen atoms in total. The lowest BCUT2D eigenvalue weighted by atomic mass is 9.98. The van der Waals surface area contributed by atoms with E-state index in [2.05, 4.69) is 40.9 Å². The highest BCUT2D eigenvalue weighted by molar-refractivity contribution is 7.18. The molecule has 2 aromatic rings. The zero-order chi connectivity index (χ0) is 21.4. The van der Waals surface area contributed by atoms with Gasteiger partial charge in [-0.05, 0) is 91.2 Å². The molecule has 0 amide bonds. The third-order valence-corrected chi connectivity index (χ3v) is 8.81. The molecule has 3 fully saturated rings. The van der Waals surface area contributed by atoms with E-state index in [0.717, 1.165) is 29.1 Å². The van der Waals surface area contributed by atoms with Gasteiger partial charge >= 0.3 is 0 Å². The van der Waals surface area contributed by atoms with Gasteiger partial charge in [-0.15, -0.1) is 11.3 Å². The Labute approximate surface area is 191 Å². The van der Waals surface area contributed by atoms with Gasteiger partial charge in [0.1, 0.15) is 16.5 Å². The van der Waals surface area contributed by atoms with Crippen LogP contribution < -0.4 is 5.32 Å². The van der Waals surface area contributed by atoms with Gasteiger partial charge in [-0.2, -0.15) is 0 Å². The lowest BCUT2D eigenvalue weighted by Gasteiger charge is -2.41. The minimum Gasteiger partial charge on any atom is -0.367 e. The Morgan fingerprint density at radius 2 is 1.65 bits per heavy atom. The van der Waals surface area contributed by atoms with E-state index in [-0.39, 0.29) is 0 Å². The van der Waals surface area contributed by atoms with Crippen LogP contribution in [0.25, 0.3) is 10.2 Å². The van der Waals surface area contributed by atoms with E-state index in [1.165, 1.54) is 93.6 Å². The maximum atomic E-state index is 5.07. The predicted octanol–water partition coefficient (Wildman–Crippen LogP) is 3.87. The zero-order valence-electron chi connectivity index (χ0n) is 19.5. The fraction of sp³-hybridized carbons (Fsp3) is 0.750. The highest BCUT2D eigenvalue weighted by atomic mass is 32.1. The van der Waals surface area contributed by atoms with Gasteiger partial charge < -0.3 is 15.1 Å². The minimum absolute atomic E-state index is 0.514. The quantitative estimate of drug-likeness (QED) is 0.758. The third-order valence-electron chi connectivity index (χ3n) is 7.71. The summed E-state index contributed by atoms with van der Waals surface area (Å²) in [4.78, 5) is 20.3. The second-order valence-corrected chi connectivity index (χ2v) is 11.1. The van der Waals surface area contributed by atoms with E-state index in [4.69, 9.17) is 9.97 Å². The maximum Gasteiger partial charge on any atom is 0.146 e. The van der Waals surface area contributed by atoms with Crippen LogP contribution >= 0.6 is 11.3 Å². The molecule has 0 unspecified atom stereocenters. The molecule has 0 saturated carbocycles. The molecule has 3 saturated heterocycles. The molecule has 5 heterocycles. The first kappa shape index (κ1) is 21.6. The molecule has 2 aromatic heterocycles. The van der Waals surface area contributed by atoms with Gasteiger partial charge in [0.2, 0.25) is 0 Å². The molecule has 0 aliphatic carbocycles. The molecule has 3 aliphatic rings. The Balaban J connectivity index is 1.29. The molecule has 0 bridgehead atoms. The summed E-state index contributed by atoms with van der Waals surface area (Å²) in [6.07, 6.45) is 7.69. The van der Waals surface area contributed by atoms with Gasteiger partial charge in [0.25, 0.3) is 0 Å². The van der Waals surface area contributed by atoms with E-state index < -0.39 is 0 Å². The maximum absolute atomic E-state index is 5.07. The van der Waals surface area contributed by atoms with E-state index in [0.29, 0.717) is 6.04 Å². The van der Waals surface area contributed by atoms with Gasteiger partial charge in [0, 0.05) is 30.1 Å². The Morgan fingerprint density at radius 1 is 0.935 bits per heavy atom. The Kier molecular flexibility index (Phi) is 6.47. The average Bonchev–Trinajstić information content (AvgIpc) is 3.37. The first-order valence-electron chi connectivity index (χ1n) is 12.2. The van der Waals surface area contributed by atoms with Crippen molar-refractivity contribution in [3.05, 3.63) is 16.3 Å². The van der Waals surface area contributed by atoms with Crippen molar-refractivity contribution in [1.29, 1.82) is 0 Å². The molecule has 1 N–H and O–H groups in total. The van der Waals surface area contributed by atoms with E-state index in [9.17, 15) is 0 Å². The van der Waals surface area contributed by atoms with Crippen LogP contribution in [0.1, 0.15) is 54.8 Å². The van der Waals surface area contributed by atoms with Gasteiger partial charge in [0.05, 0.1) is 11.9 Å². The van der Waals surface area contributed by atoms with E-state index >= 15 is 0 Å². The van der Waals surface area contributed by atoms with Crippen LogP contribution in [-0.4, -0.2) is 83.1 Å². The van der Waals surface area contributed by atoms with Gasteiger partial charge in [-0.25, -0.2) is 9.97 Å². The van der Waals surface area contributed by atoms with Crippen molar-refractivity contribution in [2.24, 2.45) is 0 Å². The molecule has 0 radical (unpaired) electrons.